The van der Waals surface area contributed by atoms with Crippen LogP contribution in [0.3, 0.4) is 0 Å². The molecule has 116 valence electrons. The van der Waals surface area contributed by atoms with Gasteiger partial charge in [0.1, 0.15) is 0 Å². The highest BCUT2D eigenvalue weighted by Crippen LogP contribution is 2.23. The molecule has 2 atom stereocenters. The molecule has 4 nitrogen and oxygen atoms in total. The summed E-state index contributed by atoms with van der Waals surface area (Å²) in [5.41, 5.74) is 6.90. The summed E-state index contributed by atoms with van der Waals surface area (Å²) in [4.78, 5) is 14.4. The molecule has 2 unspecified atom stereocenters. The van der Waals surface area contributed by atoms with Gasteiger partial charge in [-0.2, -0.15) is 0 Å². The van der Waals surface area contributed by atoms with E-state index in [4.69, 9.17) is 17.3 Å². The first-order valence-electron chi connectivity index (χ1n) is 7.53. The lowest BCUT2D eigenvalue weighted by Crippen LogP contribution is -2.23. The average molecular weight is 310 g/mol. The molecule has 1 aromatic carbocycles. The van der Waals surface area contributed by atoms with E-state index in [0.29, 0.717) is 22.8 Å². The topological polar surface area (TPSA) is 58.4 Å². The van der Waals surface area contributed by atoms with Gasteiger partial charge >= 0.3 is 0 Å². The molecule has 2 rings (SSSR count). The number of anilines is 2. The van der Waals surface area contributed by atoms with Gasteiger partial charge in [-0.25, -0.2) is 0 Å². The van der Waals surface area contributed by atoms with E-state index >= 15 is 0 Å². The van der Waals surface area contributed by atoms with Crippen molar-refractivity contribution in [2.75, 3.05) is 30.7 Å². The maximum Gasteiger partial charge on any atom is 0.224 e. The summed E-state index contributed by atoms with van der Waals surface area (Å²) in [5, 5.41) is 3.36. The Kier molecular flexibility index (Phi) is 5.48. The molecule has 0 radical (unpaired) electrons. The lowest BCUT2D eigenvalue weighted by atomic mass is 10.0. The van der Waals surface area contributed by atoms with E-state index in [1.807, 2.05) is 0 Å². The molecule has 21 heavy (non-hydrogen) atoms. The zero-order valence-electron chi connectivity index (χ0n) is 12.7. The van der Waals surface area contributed by atoms with Crippen molar-refractivity contribution < 1.29 is 4.79 Å². The smallest absolute Gasteiger partial charge is 0.224 e. The number of rotatable bonds is 5. The fourth-order valence-electron chi connectivity index (χ4n) is 2.74. The second kappa shape index (κ2) is 7.14. The summed E-state index contributed by atoms with van der Waals surface area (Å²) in [7, 11) is 0. The number of benzene rings is 1. The molecule has 0 spiro atoms. The van der Waals surface area contributed by atoms with Gasteiger partial charge in [0.2, 0.25) is 5.91 Å². The van der Waals surface area contributed by atoms with Crippen LogP contribution in [0.1, 0.15) is 26.7 Å². The standard InChI is InChI=1S/C16H24ClN3O/c1-11-9-20(10-12(11)2)7-3-4-16(21)19-13-5-6-14(17)15(18)8-13/h5-6,8,11-12H,3-4,7,9-10,18H2,1-2H3,(H,19,21). The number of nitrogens with one attached hydrogen (secondary N) is 1. The number of nitrogens with two attached hydrogens (primary N) is 1. The van der Waals surface area contributed by atoms with Crippen LogP contribution in [0.2, 0.25) is 5.02 Å². The van der Waals surface area contributed by atoms with Gasteiger partial charge in [0.25, 0.3) is 0 Å². The molecule has 0 aliphatic carbocycles. The van der Waals surface area contributed by atoms with E-state index in [9.17, 15) is 4.79 Å². The maximum absolute atomic E-state index is 11.9. The van der Waals surface area contributed by atoms with Crippen molar-refractivity contribution >= 4 is 28.9 Å². The summed E-state index contributed by atoms with van der Waals surface area (Å²) in [6, 6.07) is 5.14. The fourth-order valence-corrected chi connectivity index (χ4v) is 2.86. The molecule has 0 aromatic heterocycles. The van der Waals surface area contributed by atoms with Crippen LogP contribution in [0.15, 0.2) is 18.2 Å². The number of halogens is 1. The Labute approximate surface area is 131 Å². The summed E-state index contributed by atoms with van der Waals surface area (Å²) >= 11 is 5.85. The zero-order chi connectivity index (χ0) is 15.4. The molecule has 0 saturated carbocycles. The van der Waals surface area contributed by atoms with Crippen LogP contribution >= 0.6 is 11.6 Å². The second-order valence-electron chi connectivity index (χ2n) is 6.10. The van der Waals surface area contributed by atoms with Crippen molar-refractivity contribution in [1.29, 1.82) is 0 Å². The Morgan fingerprint density at radius 1 is 1.38 bits per heavy atom. The maximum atomic E-state index is 11.9. The summed E-state index contributed by atoms with van der Waals surface area (Å²) in [6.07, 6.45) is 1.41. The average Bonchev–Trinajstić information content (AvgIpc) is 2.73. The molecule has 0 bridgehead atoms. The summed E-state index contributed by atoms with van der Waals surface area (Å²) in [5.74, 6) is 1.55. The summed E-state index contributed by atoms with van der Waals surface area (Å²) < 4.78 is 0. The van der Waals surface area contributed by atoms with Gasteiger partial charge in [-0.15, -0.1) is 0 Å². The normalized spacial score (nSPS) is 22.4. The third-order valence-electron chi connectivity index (χ3n) is 4.22. The van der Waals surface area contributed by atoms with Crippen molar-refractivity contribution in [3.05, 3.63) is 23.2 Å². The van der Waals surface area contributed by atoms with Crippen LogP contribution in [0, 0.1) is 11.8 Å². The number of amides is 1. The van der Waals surface area contributed by atoms with Crippen LogP contribution in [-0.2, 0) is 4.79 Å². The number of carbonyl (C=O) groups is 1. The van der Waals surface area contributed by atoms with Crippen LogP contribution in [-0.4, -0.2) is 30.4 Å². The second-order valence-corrected chi connectivity index (χ2v) is 6.51. The van der Waals surface area contributed by atoms with E-state index in [1.54, 1.807) is 18.2 Å². The zero-order valence-corrected chi connectivity index (χ0v) is 13.5. The molecule has 1 aromatic rings. The van der Waals surface area contributed by atoms with Crippen molar-refractivity contribution in [3.63, 3.8) is 0 Å². The lowest BCUT2D eigenvalue weighted by molar-refractivity contribution is -0.116. The number of carbonyl (C=O) groups excluding carboxylic acids is 1. The molecule has 1 aliphatic heterocycles. The molecule has 3 N–H and O–H groups in total. The van der Waals surface area contributed by atoms with Gasteiger partial charge in [-0.1, -0.05) is 25.4 Å². The molecule has 1 heterocycles. The Balaban J connectivity index is 1.71. The first-order chi connectivity index (χ1) is 9.95. The van der Waals surface area contributed by atoms with Crippen LogP contribution < -0.4 is 11.1 Å². The Morgan fingerprint density at radius 2 is 2.05 bits per heavy atom. The molecular weight excluding hydrogens is 286 g/mol. The van der Waals surface area contributed by atoms with Gasteiger partial charge in [0.05, 0.1) is 10.7 Å². The molecule has 5 heteroatoms. The van der Waals surface area contributed by atoms with Gasteiger partial charge in [-0.3, -0.25) is 4.79 Å². The highest BCUT2D eigenvalue weighted by Gasteiger charge is 2.25. The lowest BCUT2D eigenvalue weighted by Gasteiger charge is -2.15. The molecule has 1 fully saturated rings. The predicted molar refractivity (Wildman–Crippen MR) is 88.5 cm³/mol. The van der Waals surface area contributed by atoms with E-state index in [0.717, 1.165) is 37.9 Å². The molecule has 1 amide bonds. The van der Waals surface area contributed by atoms with Crippen molar-refractivity contribution in [1.82, 2.24) is 4.90 Å². The van der Waals surface area contributed by atoms with Gasteiger partial charge in [0, 0.05) is 25.2 Å². The van der Waals surface area contributed by atoms with E-state index in [1.165, 1.54) is 0 Å². The van der Waals surface area contributed by atoms with Crippen LogP contribution in [0.25, 0.3) is 0 Å². The van der Waals surface area contributed by atoms with Crippen LogP contribution in [0.4, 0.5) is 11.4 Å². The highest BCUT2D eigenvalue weighted by molar-refractivity contribution is 6.33. The molecule has 1 saturated heterocycles. The Bertz CT molecular complexity index is 496. The molecule has 1 aliphatic rings. The van der Waals surface area contributed by atoms with Gasteiger partial charge in [0.15, 0.2) is 0 Å². The van der Waals surface area contributed by atoms with E-state index in [2.05, 4.69) is 24.1 Å². The number of nitrogen functional groups attached to an aromatic ring is 1. The highest BCUT2D eigenvalue weighted by atomic mass is 35.5. The minimum absolute atomic E-state index is 0.0250. The Hall–Kier alpha value is -1.26. The largest absolute Gasteiger partial charge is 0.397 e. The molecular formula is C16H24ClN3O. The first kappa shape index (κ1) is 16.1. The van der Waals surface area contributed by atoms with Crippen molar-refractivity contribution in [3.8, 4) is 0 Å². The van der Waals surface area contributed by atoms with Gasteiger partial charge in [-0.05, 0) is 43.0 Å². The number of hydrogen-bond acceptors (Lipinski definition) is 3. The fraction of sp³-hybridized carbons (Fsp3) is 0.562. The third-order valence-corrected chi connectivity index (χ3v) is 4.57. The minimum atomic E-state index is 0.0250. The van der Waals surface area contributed by atoms with Crippen molar-refractivity contribution in [2.24, 2.45) is 11.8 Å². The monoisotopic (exact) mass is 309 g/mol. The van der Waals surface area contributed by atoms with E-state index < -0.39 is 0 Å². The van der Waals surface area contributed by atoms with Crippen molar-refractivity contribution in [2.45, 2.75) is 26.7 Å². The number of likely N-dealkylation sites (tertiary alicyclic amines) is 1. The van der Waals surface area contributed by atoms with Crippen LogP contribution in [0.5, 0.6) is 0 Å². The SMILES string of the molecule is CC1CN(CCCC(=O)Nc2ccc(Cl)c(N)c2)CC1C. The Morgan fingerprint density at radius 3 is 2.67 bits per heavy atom. The van der Waals surface area contributed by atoms with E-state index in [-0.39, 0.29) is 5.91 Å². The quantitative estimate of drug-likeness (QED) is 0.821. The van der Waals surface area contributed by atoms with Gasteiger partial charge < -0.3 is 16.0 Å². The summed E-state index contributed by atoms with van der Waals surface area (Å²) in [6.45, 7) is 7.88. The predicted octanol–water partition coefficient (Wildman–Crippen LogP) is 3.23. The minimum Gasteiger partial charge on any atom is -0.397 e. The third kappa shape index (κ3) is 4.61. The number of hydrogen-bond donors (Lipinski definition) is 2. The number of nitrogens with zero attached hydrogens (tertiary/aromatic N) is 1. The first-order valence-corrected chi connectivity index (χ1v) is 7.90.